The first-order valence-electron chi connectivity index (χ1n) is 20.6. The molecule has 0 saturated carbocycles. The Morgan fingerprint density at radius 2 is 1.54 bits per heavy atom. The molecular formula is C45H48FN7O6. The third-order valence-electron chi connectivity index (χ3n) is 13.9. The van der Waals surface area contributed by atoms with Crippen LogP contribution in [-0.2, 0) is 27.4 Å². The molecule has 3 aromatic carbocycles. The molecule has 1 unspecified atom stereocenters. The second kappa shape index (κ2) is 14.9. The highest BCUT2D eigenvalue weighted by molar-refractivity contribution is 6.23. The third kappa shape index (κ3) is 6.93. The van der Waals surface area contributed by atoms with Gasteiger partial charge in [-0.2, -0.15) is 0 Å². The van der Waals surface area contributed by atoms with Crippen LogP contribution in [0.1, 0.15) is 94.1 Å². The molecule has 6 aliphatic rings. The predicted octanol–water partition coefficient (Wildman–Crippen LogP) is 5.30. The lowest BCUT2D eigenvalue weighted by molar-refractivity contribution is -0.136. The number of halogens is 1. The topological polar surface area (TPSA) is 127 Å². The Hall–Kier alpha value is -5.65. The van der Waals surface area contributed by atoms with Gasteiger partial charge < -0.3 is 19.4 Å². The Balaban J connectivity index is 0.771. The maximum absolute atomic E-state index is 14.4. The van der Waals surface area contributed by atoms with Crippen molar-refractivity contribution in [3.05, 3.63) is 99.6 Å². The highest BCUT2D eigenvalue weighted by atomic mass is 19.1. The van der Waals surface area contributed by atoms with Crippen molar-refractivity contribution < 1.29 is 33.1 Å². The van der Waals surface area contributed by atoms with E-state index >= 15 is 0 Å². The van der Waals surface area contributed by atoms with Gasteiger partial charge in [0.1, 0.15) is 11.9 Å². The van der Waals surface area contributed by atoms with Gasteiger partial charge in [0.05, 0.1) is 23.3 Å². The molecule has 13 nitrogen and oxygen atoms in total. The maximum atomic E-state index is 14.4. The van der Waals surface area contributed by atoms with Crippen LogP contribution >= 0.6 is 0 Å². The smallest absolute Gasteiger partial charge is 0.262 e. The number of anilines is 2. The number of ether oxygens (including phenoxy) is 1. The summed E-state index contributed by atoms with van der Waals surface area (Å²) >= 11 is 0. The molecule has 0 bridgehead atoms. The minimum absolute atomic E-state index is 0.00327. The summed E-state index contributed by atoms with van der Waals surface area (Å²) in [5.41, 5.74) is 4.85. The molecule has 3 aromatic rings. The van der Waals surface area contributed by atoms with Gasteiger partial charge in [0.2, 0.25) is 17.5 Å². The van der Waals surface area contributed by atoms with Gasteiger partial charge in [-0.05, 0) is 111 Å². The Kier molecular flexibility index (Phi) is 9.79. The van der Waals surface area contributed by atoms with E-state index in [2.05, 4.69) is 31.8 Å². The summed E-state index contributed by atoms with van der Waals surface area (Å²) in [4.78, 5) is 77.7. The van der Waals surface area contributed by atoms with Gasteiger partial charge in [-0.1, -0.05) is 6.07 Å². The van der Waals surface area contributed by atoms with Crippen molar-refractivity contribution in [1.29, 1.82) is 0 Å². The number of carbonyl (C=O) groups excluding carboxylic acids is 5. The van der Waals surface area contributed by atoms with Crippen molar-refractivity contribution in [2.24, 2.45) is 5.41 Å². The third-order valence-corrected chi connectivity index (χ3v) is 13.9. The fourth-order valence-electron chi connectivity index (χ4n) is 10.5. The number of piperidine rings is 3. The summed E-state index contributed by atoms with van der Waals surface area (Å²) < 4.78 is 20.6. The Bertz CT molecular complexity index is 2250. The van der Waals surface area contributed by atoms with E-state index < -0.39 is 41.1 Å². The molecule has 4 saturated heterocycles. The molecule has 0 aromatic heterocycles. The van der Waals surface area contributed by atoms with E-state index in [1.807, 2.05) is 35.2 Å². The number of nitrogens with one attached hydrogen (secondary N) is 1. The molecule has 0 radical (unpaired) electrons. The normalized spacial score (nSPS) is 23.8. The highest BCUT2D eigenvalue weighted by Gasteiger charge is 2.47. The molecular weight excluding hydrogens is 754 g/mol. The van der Waals surface area contributed by atoms with Crippen molar-refractivity contribution in [3.8, 4) is 0 Å². The summed E-state index contributed by atoms with van der Waals surface area (Å²) in [7, 11) is 1.72. The molecule has 5 amide bonds. The molecule has 6 aliphatic heterocycles. The number of fused-ring (bicyclic) bond motifs is 2. The zero-order valence-corrected chi connectivity index (χ0v) is 33.5. The fraction of sp³-hybridized carbons (Fsp3) is 0.467. The summed E-state index contributed by atoms with van der Waals surface area (Å²) in [6, 6.07) is 15.7. The number of hydrogen-bond donors (Lipinski definition) is 1. The van der Waals surface area contributed by atoms with E-state index in [4.69, 9.17) is 11.3 Å². The predicted molar refractivity (Wildman–Crippen MR) is 217 cm³/mol. The van der Waals surface area contributed by atoms with Gasteiger partial charge in [-0.3, -0.25) is 39.1 Å². The first-order chi connectivity index (χ1) is 28.4. The van der Waals surface area contributed by atoms with Crippen LogP contribution in [0.4, 0.5) is 21.5 Å². The lowest BCUT2D eigenvalue weighted by atomic mass is 9.76. The molecule has 2 atom stereocenters. The average molecular weight is 802 g/mol. The van der Waals surface area contributed by atoms with Crippen LogP contribution in [0.3, 0.4) is 0 Å². The first kappa shape index (κ1) is 38.8. The molecule has 14 heteroatoms. The van der Waals surface area contributed by atoms with Crippen LogP contribution in [0.25, 0.3) is 4.85 Å². The van der Waals surface area contributed by atoms with Gasteiger partial charge >= 0.3 is 0 Å². The Labute approximate surface area is 342 Å². The molecule has 4 fully saturated rings. The van der Waals surface area contributed by atoms with E-state index in [1.165, 1.54) is 6.07 Å². The second-order valence-electron chi connectivity index (χ2n) is 17.4. The largest absolute Gasteiger partial charge is 0.377 e. The van der Waals surface area contributed by atoms with Crippen LogP contribution in [0.2, 0.25) is 0 Å². The lowest BCUT2D eigenvalue weighted by Gasteiger charge is -2.43. The highest BCUT2D eigenvalue weighted by Crippen LogP contribution is 2.46. The van der Waals surface area contributed by atoms with Gasteiger partial charge in [0, 0.05) is 88.9 Å². The number of amides is 5. The Morgan fingerprint density at radius 1 is 0.898 bits per heavy atom. The van der Waals surface area contributed by atoms with E-state index in [9.17, 15) is 28.4 Å². The number of carbonyl (C=O) groups is 5. The molecule has 59 heavy (non-hydrogen) atoms. The number of benzene rings is 3. The molecule has 1 spiro atoms. The molecule has 6 heterocycles. The van der Waals surface area contributed by atoms with Gasteiger partial charge in [0.25, 0.3) is 17.7 Å². The number of methoxy groups -OCH3 is 1. The molecule has 306 valence electrons. The van der Waals surface area contributed by atoms with Gasteiger partial charge in [0.15, 0.2) is 0 Å². The Morgan fingerprint density at radius 3 is 2.14 bits per heavy atom. The molecule has 9 rings (SSSR count). The van der Waals surface area contributed by atoms with E-state index in [0.29, 0.717) is 62.3 Å². The van der Waals surface area contributed by atoms with Crippen LogP contribution in [-0.4, -0.2) is 108 Å². The van der Waals surface area contributed by atoms with Gasteiger partial charge in [-0.25, -0.2) is 9.24 Å². The van der Waals surface area contributed by atoms with Crippen LogP contribution in [0.5, 0.6) is 0 Å². The number of imide groups is 2. The standard InChI is InChI=1S/C45H48FN7O6/c1-28-23-44(26-52(28)33-8-9-37(47-2)36(46)22-33)12-16-50(17-13-44)32-6-4-29(5-7-32)41(56)51-18-14-45(59-3,15-19-51)27-49-24-30-20-34-35(21-31(30)25-49)43(58)53(42(34)57)38-10-11-39(54)48-40(38)55/h4-9,20-22,28,38H,10-19,23-27H2,1,3H3,(H,48,54,55)/t28-,38?/m0/s1. The number of likely N-dealkylation sites (tertiary alicyclic amines) is 1. The van der Waals surface area contributed by atoms with E-state index in [1.54, 1.807) is 25.3 Å². The SMILES string of the molecule is [C-]#[N+]c1ccc(N2CC3(CCN(c4ccc(C(=O)N5CCC(CN6Cc7cc8c(cc7C6)C(=O)N(C6CCC(=O)NC6=O)C8=O)(OC)CC5)cc4)CC3)C[C@@H]2C)cc1F. The van der Waals surface area contributed by atoms with Crippen molar-refractivity contribution in [2.45, 2.75) is 82.6 Å². The van der Waals surface area contributed by atoms with Gasteiger partial charge in [-0.15, -0.1) is 0 Å². The zero-order chi connectivity index (χ0) is 41.2. The first-order valence-corrected chi connectivity index (χ1v) is 20.6. The molecule has 1 N–H and O–H groups in total. The van der Waals surface area contributed by atoms with Crippen molar-refractivity contribution in [2.75, 3.05) is 56.2 Å². The van der Waals surface area contributed by atoms with Crippen LogP contribution in [0, 0.1) is 17.8 Å². The summed E-state index contributed by atoms with van der Waals surface area (Å²) in [6.45, 7) is 15.0. The number of nitrogens with zero attached hydrogens (tertiary/aromatic N) is 6. The maximum Gasteiger partial charge on any atom is 0.262 e. The number of rotatable bonds is 7. The second-order valence-corrected chi connectivity index (χ2v) is 17.4. The fourth-order valence-corrected chi connectivity index (χ4v) is 10.5. The summed E-state index contributed by atoms with van der Waals surface area (Å²) in [6.07, 6.45) is 4.64. The zero-order valence-electron chi connectivity index (χ0n) is 33.5. The monoisotopic (exact) mass is 801 g/mol. The summed E-state index contributed by atoms with van der Waals surface area (Å²) in [5, 5.41) is 2.24. The van der Waals surface area contributed by atoms with Crippen molar-refractivity contribution >= 4 is 46.6 Å². The average Bonchev–Trinajstić information content (AvgIpc) is 3.86. The van der Waals surface area contributed by atoms with Crippen LogP contribution in [0.15, 0.2) is 54.6 Å². The quantitative estimate of drug-likeness (QED) is 0.250. The minimum Gasteiger partial charge on any atom is -0.377 e. The van der Waals surface area contributed by atoms with Crippen molar-refractivity contribution in [1.82, 2.24) is 20.0 Å². The lowest BCUT2D eigenvalue weighted by Crippen LogP contribution is -2.54. The van der Waals surface area contributed by atoms with Crippen LogP contribution < -0.4 is 15.1 Å². The summed E-state index contributed by atoms with van der Waals surface area (Å²) in [5.74, 6) is -2.50. The van der Waals surface area contributed by atoms with Crippen molar-refractivity contribution in [3.63, 3.8) is 0 Å². The minimum atomic E-state index is -0.994. The van der Waals surface area contributed by atoms with E-state index in [-0.39, 0.29) is 35.9 Å². The number of hydrogen-bond acceptors (Lipinski definition) is 9. The van der Waals surface area contributed by atoms with E-state index in [0.717, 1.165) is 66.3 Å². The molecule has 0 aliphatic carbocycles.